The maximum Gasteiger partial charge on any atom is 0.145 e. The van der Waals surface area contributed by atoms with Crippen molar-refractivity contribution in [2.75, 3.05) is 5.73 Å². The standard InChI is InChI=1S/C11H16FNO/c1-7(2)8(3)14-11-6-9(12)4-5-10(11)13/h4-8H,13H2,1-3H3. The van der Waals surface area contributed by atoms with Gasteiger partial charge in [-0.2, -0.15) is 0 Å². The molecule has 0 bridgehead atoms. The Morgan fingerprint density at radius 2 is 1.93 bits per heavy atom. The van der Waals surface area contributed by atoms with Gasteiger partial charge in [-0.1, -0.05) is 13.8 Å². The van der Waals surface area contributed by atoms with Crippen molar-refractivity contribution >= 4 is 5.69 Å². The Morgan fingerprint density at radius 3 is 2.50 bits per heavy atom. The predicted molar refractivity (Wildman–Crippen MR) is 55.7 cm³/mol. The van der Waals surface area contributed by atoms with E-state index in [1.807, 2.05) is 20.8 Å². The molecule has 1 aromatic rings. The van der Waals surface area contributed by atoms with Crippen molar-refractivity contribution in [1.29, 1.82) is 0 Å². The van der Waals surface area contributed by atoms with E-state index in [2.05, 4.69) is 0 Å². The zero-order valence-electron chi connectivity index (χ0n) is 8.75. The molecule has 0 aliphatic heterocycles. The highest BCUT2D eigenvalue weighted by Gasteiger charge is 2.11. The van der Waals surface area contributed by atoms with Gasteiger partial charge in [0.05, 0.1) is 11.8 Å². The minimum absolute atomic E-state index is 0.0269. The van der Waals surface area contributed by atoms with Gasteiger partial charge in [0.15, 0.2) is 0 Å². The number of hydrogen-bond acceptors (Lipinski definition) is 2. The zero-order chi connectivity index (χ0) is 10.7. The normalized spacial score (nSPS) is 12.9. The molecule has 0 fully saturated rings. The number of rotatable bonds is 3. The Kier molecular flexibility index (Phi) is 3.33. The van der Waals surface area contributed by atoms with Crippen molar-refractivity contribution < 1.29 is 9.13 Å². The average Bonchev–Trinajstić information content (AvgIpc) is 2.11. The summed E-state index contributed by atoms with van der Waals surface area (Å²) >= 11 is 0. The van der Waals surface area contributed by atoms with Crippen LogP contribution >= 0.6 is 0 Å². The fourth-order valence-corrected chi connectivity index (χ4v) is 0.947. The Hall–Kier alpha value is -1.25. The molecule has 0 aliphatic rings. The SMILES string of the molecule is CC(C)C(C)Oc1cc(F)ccc1N. The molecule has 2 N–H and O–H groups in total. The summed E-state index contributed by atoms with van der Waals surface area (Å²) in [5.74, 6) is 0.467. The lowest BCUT2D eigenvalue weighted by Crippen LogP contribution is -2.19. The van der Waals surface area contributed by atoms with Crippen molar-refractivity contribution in [3.05, 3.63) is 24.0 Å². The molecule has 78 valence electrons. The number of halogens is 1. The molecule has 1 rings (SSSR count). The van der Waals surface area contributed by atoms with Crippen LogP contribution in [0.1, 0.15) is 20.8 Å². The van der Waals surface area contributed by atoms with Gasteiger partial charge in [-0.3, -0.25) is 0 Å². The lowest BCUT2D eigenvalue weighted by molar-refractivity contribution is 0.171. The Morgan fingerprint density at radius 1 is 1.29 bits per heavy atom. The summed E-state index contributed by atoms with van der Waals surface area (Å²) in [6.45, 7) is 6.02. The van der Waals surface area contributed by atoms with E-state index >= 15 is 0 Å². The van der Waals surface area contributed by atoms with Gasteiger partial charge in [0.2, 0.25) is 0 Å². The first-order valence-corrected chi connectivity index (χ1v) is 4.72. The summed E-state index contributed by atoms with van der Waals surface area (Å²) in [4.78, 5) is 0. The molecule has 0 heterocycles. The first kappa shape index (κ1) is 10.8. The molecule has 0 aromatic heterocycles. The molecule has 2 nitrogen and oxygen atoms in total. The molecule has 0 saturated carbocycles. The Bertz CT molecular complexity index is 312. The molecule has 3 heteroatoms. The Labute approximate surface area is 83.9 Å². The number of nitrogen functional groups attached to an aromatic ring is 1. The number of anilines is 1. The van der Waals surface area contributed by atoms with Crippen LogP contribution in [-0.4, -0.2) is 6.10 Å². The zero-order valence-corrected chi connectivity index (χ0v) is 8.75. The number of nitrogens with two attached hydrogens (primary N) is 1. The van der Waals surface area contributed by atoms with Gasteiger partial charge in [-0.25, -0.2) is 4.39 Å². The van der Waals surface area contributed by atoms with E-state index in [-0.39, 0.29) is 11.9 Å². The summed E-state index contributed by atoms with van der Waals surface area (Å²) < 4.78 is 18.4. The molecule has 0 saturated heterocycles. The Balaban J connectivity index is 2.80. The van der Waals surface area contributed by atoms with Crippen LogP contribution in [0.3, 0.4) is 0 Å². The summed E-state index contributed by atoms with van der Waals surface area (Å²) in [5, 5.41) is 0. The summed E-state index contributed by atoms with van der Waals surface area (Å²) in [6, 6.07) is 4.15. The molecule has 1 atom stereocenters. The van der Waals surface area contributed by atoms with Crippen molar-refractivity contribution in [1.82, 2.24) is 0 Å². The largest absolute Gasteiger partial charge is 0.488 e. The number of ether oxygens (including phenoxy) is 1. The van der Waals surface area contributed by atoms with Crippen LogP contribution in [0.5, 0.6) is 5.75 Å². The van der Waals surface area contributed by atoms with Gasteiger partial charge < -0.3 is 10.5 Å². The van der Waals surface area contributed by atoms with E-state index < -0.39 is 0 Å². The van der Waals surface area contributed by atoms with E-state index in [0.717, 1.165) is 0 Å². The van der Waals surface area contributed by atoms with Gasteiger partial charge in [0.25, 0.3) is 0 Å². The molecule has 1 unspecified atom stereocenters. The van der Waals surface area contributed by atoms with Crippen LogP contribution in [-0.2, 0) is 0 Å². The van der Waals surface area contributed by atoms with E-state index in [1.54, 1.807) is 0 Å². The second-order valence-electron chi connectivity index (χ2n) is 3.75. The van der Waals surface area contributed by atoms with Crippen molar-refractivity contribution in [3.8, 4) is 5.75 Å². The second kappa shape index (κ2) is 4.31. The van der Waals surface area contributed by atoms with Crippen LogP contribution in [0.2, 0.25) is 0 Å². The molecular weight excluding hydrogens is 181 g/mol. The maximum absolute atomic E-state index is 12.9. The summed E-state index contributed by atoms with van der Waals surface area (Å²) in [7, 11) is 0. The van der Waals surface area contributed by atoms with E-state index in [1.165, 1.54) is 18.2 Å². The minimum Gasteiger partial charge on any atom is -0.488 e. The van der Waals surface area contributed by atoms with Gasteiger partial charge >= 0.3 is 0 Å². The van der Waals surface area contributed by atoms with Crippen LogP contribution in [0.4, 0.5) is 10.1 Å². The minimum atomic E-state index is -0.329. The molecule has 0 aliphatic carbocycles. The lowest BCUT2D eigenvalue weighted by atomic mass is 10.1. The molecule has 1 aromatic carbocycles. The molecule has 0 radical (unpaired) electrons. The van der Waals surface area contributed by atoms with Crippen molar-refractivity contribution in [3.63, 3.8) is 0 Å². The van der Waals surface area contributed by atoms with Gasteiger partial charge in [0, 0.05) is 6.07 Å². The third-order valence-corrected chi connectivity index (χ3v) is 2.23. The third-order valence-electron chi connectivity index (χ3n) is 2.23. The molecule has 14 heavy (non-hydrogen) atoms. The maximum atomic E-state index is 12.9. The van der Waals surface area contributed by atoms with Crippen molar-refractivity contribution in [2.45, 2.75) is 26.9 Å². The molecule has 0 amide bonds. The monoisotopic (exact) mass is 197 g/mol. The van der Waals surface area contributed by atoms with Crippen LogP contribution < -0.4 is 10.5 Å². The van der Waals surface area contributed by atoms with Crippen LogP contribution in [0, 0.1) is 11.7 Å². The number of benzene rings is 1. The topological polar surface area (TPSA) is 35.2 Å². The van der Waals surface area contributed by atoms with Gasteiger partial charge in [-0.15, -0.1) is 0 Å². The van der Waals surface area contributed by atoms with Crippen molar-refractivity contribution in [2.24, 2.45) is 5.92 Å². The lowest BCUT2D eigenvalue weighted by Gasteiger charge is -2.19. The number of hydrogen-bond donors (Lipinski definition) is 1. The highest BCUT2D eigenvalue weighted by atomic mass is 19.1. The quantitative estimate of drug-likeness (QED) is 0.756. The summed E-state index contributed by atoms with van der Waals surface area (Å²) in [5.41, 5.74) is 6.12. The van der Waals surface area contributed by atoms with Crippen LogP contribution in [0.25, 0.3) is 0 Å². The van der Waals surface area contributed by atoms with Gasteiger partial charge in [0.1, 0.15) is 11.6 Å². The van der Waals surface area contributed by atoms with E-state index in [9.17, 15) is 4.39 Å². The fourth-order valence-electron chi connectivity index (χ4n) is 0.947. The summed E-state index contributed by atoms with van der Waals surface area (Å²) in [6.07, 6.45) is 0.0269. The second-order valence-corrected chi connectivity index (χ2v) is 3.75. The van der Waals surface area contributed by atoms with E-state index in [0.29, 0.717) is 17.4 Å². The third kappa shape index (κ3) is 2.62. The molecule has 0 spiro atoms. The van der Waals surface area contributed by atoms with Gasteiger partial charge in [-0.05, 0) is 25.0 Å². The fraction of sp³-hybridized carbons (Fsp3) is 0.455. The smallest absolute Gasteiger partial charge is 0.145 e. The predicted octanol–water partition coefficient (Wildman–Crippen LogP) is 2.83. The highest BCUT2D eigenvalue weighted by Crippen LogP contribution is 2.24. The average molecular weight is 197 g/mol. The highest BCUT2D eigenvalue weighted by molar-refractivity contribution is 5.52. The first-order valence-electron chi connectivity index (χ1n) is 4.72. The first-order chi connectivity index (χ1) is 6.50. The molecular formula is C11H16FNO. The van der Waals surface area contributed by atoms with E-state index in [4.69, 9.17) is 10.5 Å². The van der Waals surface area contributed by atoms with Crippen LogP contribution in [0.15, 0.2) is 18.2 Å².